The molecular weight excluding hydrogens is 480 g/mol. The lowest BCUT2D eigenvalue weighted by atomic mass is 10.0. The third-order valence-electron chi connectivity index (χ3n) is 7.84. The molecule has 0 bridgehead atoms. The van der Waals surface area contributed by atoms with Crippen LogP contribution < -0.4 is 4.74 Å². The molecule has 0 spiro atoms. The predicted molar refractivity (Wildman–Crippen MR) is 169 cm³/mol. The Labute approximate surface area is 243 Å². The Kier molecular flexibility index (Phi) is 25.5. The van der Waals surface area contributed by atoms with E-state index in [0.717, 1.165) is 19.3 Å². The normalized spacial score (nSPS) is 11.1. The number of unbranched alkanes of at least 4 members (excludes halogenated alkanes) is 23. The minimum Gasteiger partial charge on any atom is -0.493 e. The van der Waals surface area contributed by atoms with Gasteiger partial charge in [-0.15, -0.1) is 0 Å². The van der Waals surface area contributed by atoms with Crippen molar-refractivity contribution in [1.29, 1.82) is 0 Å². The zero-order valence-electron chi connectivity index (χ0n) is 26.1. The molecule has 0 radical (unpaired) electrons. The predicted octanol–water partition coefficient (Wildman–Crippen LogP) is 12.0. The molecule has 0 N–H and O–H groups in total. The van der Waals surface area contributed by atoms with Gasteiger partial charge in [-0.25, -0.2) is 4.79 Å². The molecule has 0 amide bonds. The van der Waals surface area contributed by atoms with Crippen molar-refractivity contribution in [1.82, 2.24) is 0 Å². The Bertz CT molecular complexity index is 656. The van der Waals surface area contributed by atoms with E-state index in [4.69, 9.17) is 9.47 Å². The minimum atomic E-state index is -0.251. The summed E-state index contributed by atoms with van der Waals surface area (Å²) in [6.07, 6.45) is 33.1. The van der Waals surface area contributed by atoms with Gasteiger partial charge in [0.2, 0.25) is 0 Å². The van der Waals surface area contributed by atoms with Crippen LogP contribution in [0.5, 0.6) is 5.75 Å². The van der Waals surface area contributed by atoms with Gasteiger partial charge < -0.3 is 9.47 Å². The summed E-state index contributed by atoms with van der Waals surface area (Å²) < 4.78 is 11.5. The summed E-state index contributed by atoms with van der Waals surface area (Å²) in [5, 5.41) is 0. The molecule has 0 saturated carbocycles. The van der Waals surface area contributed by atoms with Gasteiger partial charge in [0.25, 0.3) is 0 Å². The molecule has 1 aromatic carbocycles. The Balaban J connectivity index is 2.00. The summed E-state index contributed by atoms with van der Waals surface area (Å²) in [5.74, 6) is 0.412. The highest BCUT2D eigenvalue weighted by atomic mass is 16.5. The highest BCUT2D eigenvalue weighted by Gasteiger charge is 2.13. The van der Waals surface area contributed by atoms with Gasteiger partial charge in [0.1, 0.15) is 11.3 Å². The summed E-state index contributed by atoms with van der Waals surface area (Å²) in [6.45, 7) is 5.72. The van der Waals surface area contributed by atoms with Crippen molar-refractivity contribution in [3.8, 4) is 5.75 Å². The largest absolute Gasteiger partial charge is 0.493 e. The maximum atomic E-state index is 12.6. The molecule has 39 heavy (non-hydrogen) atoms. The average Bonchev–Trinajstić information content (AvgIpc) is 2.95. The summed E-state index contributed by atoms with van der Waals surface area (Å²) >= 11 is 0. The lowest BCUT2D eigenvalue weighted by Gasteiger charge is -2.11. The molecule has 1 rings (SSSR count). The number of hydrogen-bond donors (Lipinski definition) is 0. The van der Waals surface area contributed by atoms with Gasteiger partial charge in [-0.2, -0.15) is 0 Å². The number of ether oxygens (including phenoxy) is 2. The molecule has 3 heteroatoms. The van der Waals surface area contributed by atoms with Crippen LogP contribution >= 0.6 is 0 Å². The molecule has 0 saturated heterocycles. The lowest BCUT2D eigenvalue weighted by molar-refractivity contribution is 0.0493. The Hall–Kier alpha value is -1.51. The standard InChI is InChI=1S/C36H64O3/c1-3-5-7-9-11-13-15-16-17-19-20-22-24-28-32-38-35-31-27-26-30-34(35)36(37)39-33-29-25-23-21-18-14-12-10-8-6-4-2/h26-27,30-31H,3-25,28-29,32-33H2,1-2H3. The number of para-hydroxylation sites is 1. The summed E-state index contributed by atoms with van der Waals surface area (Å²) in [5.41, 5.74) is 0.561. The highest BCUT2D eigenvalue weighted by molar-refractivity contribution is 5.92. The maximum absolute atomic E-state index is 12.6. The van der Waals surface area contributed by atoms with Gasteiger partial charge in [-0.3, -0.25) is 0 Å². The quantitative estimate of drug-likeness (QED) is 0.0743. The highest BCUT2D eigenvalue weighted by Crippen LogP contribution is 2.20. The molecular formula is C36H64O3. The third-order valence-corrected chi connectivity index (χ3v) is 7.84. The van der Waals surface area contributed by atoms with Crippen LogP contribution in [0.4, 0.5) is 0 Å². The molecule has 1 aromatic rings. The smallest absolute Gasteiger partial charge is 0.341 e. The van der Waals surface area contributed by atoms with Crippen LogP contribution in [0, 0.1) is 0 Å². The van der Waals surface area contributed by atoms with Crippen molar-refractivity contribution in [3.63, 3.8) is 0 Å². The Morgan fingerprint density at radius 1 is 0.487 bits per heavy atom. The zero-order chi connectivity index (χ0) is 28.1. The average molecular weight is 545 g/mol. The number of hydrogen-bond acceptors (Lipinski definition) is 3. The first-order valence-corrected chi connectivity index (χ1v) is 17.2. The van der Waals surface area contributed by atoms with Crippen LogP contribution in [0.25, 0.3) is 0 Å². The van der Waals surface area contributed by atoms with E-state index in [9.17, 15) is 4.79 Å². The molecule has 0 aliphatic heterocycles. The number of esters is 1. The number of carbonyl (C=O) groups excluding carboxylic acids is 1. The van der Waals surface area contributed by atoms with Crippen molar-refractivity contribution in [2.45, 2.75) is 174 Å². The van der Waals surface area contributed by atoms with Crippen LogP contribution in [-0.2, 0) is 4.74 Å². The van der Waals surface area contributed by atoms with Gasteiger partial charge in [0.05, 0.1) is 13.2 Å². The van der Waals surface area contributed by atoms with E-state index in [1.54, 1.807) is 0 Å². The fourth-order valence-corrected chi connectivity index (χ4v) is 5.25. The molecule has 0 atom stereocenters. The van der Waals surface area contributed by atoms with E-state index in [1.807, 2.05) is 24.3 Å². The van der Waals surface area contributed by atoms with Gasteiger partial charge >= 0.3 is 5.97 Å². The van der Waals surface area contributed by atoms with Crippen LogP contribution in [0.3, 0.4) is 0 Å². The van der Waals surface area contributed by atoms with Crippen molar-refractivity contribution in [3.05, 3.63) is 29.8 Å². The van der Waals surface area contributed by atoms with E-state index in [0.29, 0.717) is 24.5 Å². The first-order chi connectivity index (χ1) is 19.3. The summed E-state index contributed by atoms with van der Waals surface area (Å²) in [4.78, 5) is 12.6. The van der Waals surface area contributed by atoms with E-state index in [-0.39, 0.29) is 5.97 Å². The van der Waals surface area contributed by atoms with Crippen molar-refractivity contribution >= 4 is 5.97 Å². The second-order valence-electron chi connectivity index (χ2n) is 11.6. The SMILES string of the molecule is CCCCCCCCCCCCCCCCOc1ccccc1C(=O)OCCCCCCCCCCCCC. The number of rotatable bonds is 29. The van der Waals surface area contributed by atoms with E-state index in [2.05, 4.69) is 13.8 Å². The number of carbonyl (C=O) groups is 1. The molecule has 0 aromatic heterocycles. The fraction of sp³-hybridized carbons (Fsp3) is 0.806. The minimum absolute atomic E-state index is 0.251. The topological polar surface area (TPSA) is 35.5 Å². The van der Waals surface area contributed by atoms with Crippen LogP contribution in [-0.4, -0.2) is 19.2 Å². The molecule has 0 unspecified atom stereocenters. The van der Waals surface area contributed by atoms with Crippen molar-refractivity contribution < 1.29 is 14.3 Å². The molecule has 226 valence electrons. The Morgan fingerprint density at radius 2 is 0.846 bits per heavy atom. The van der Waals surface area contributed by atoms with Gasteiger partial charge in [-0.1, -0.05) is 174 Å². The molecule has 0 fully saturated rings. The van der Waals surface area contributed by atoms with Gasteiger partial charge in [0.15, 0.2) is 0 Å². The van der Waals surface area contributed by atoms with Crippen LogP contribution in [0.2, 0.25) is 0 Å². The molecule has 0 heterocycles. The van der Waals surface area contributed by atoms with E-state index in [1.165, 1.54) is 141 Å². The van der Waals surface area contributed by atoms with Crippen LogP contribution in [0.1, 0.15) is 185 Å². The zero-order valence-corrected chi connectivity index (χ0v) is 26.1. The van der Waals surface area contributed by atoms with Crippen molar-refractivity contribution in [2.24, 2.45) is 0 Å². The first kappa shape index (κ1) is 35.5. The first-order valence-electron chi connectivity index (χ1n) is 17.2. The summed E-state index contributed by atoms with van der Waals surface area (Å²) in [6, 6.07) is 7.53. The number of benzene rings is 1. The monoisotopic (exact) mass is 544 g/mol. The third kappa shape index (κ3) is 21.9. The fourth-order valence-electron chi connectivity index (χ4n) is 5.25. The second kappa shape index (κ2) is 28.0. The summed E-state index contributed by atoms with van der Waals surface area (Å²) in [7, 11) is 0. The lowest BCUT2D eigenvalue weighted by Crippen LogP contribution is -2.09. The van der Waals surface area contributed by atoms with Crippen molar-refractivity contribution in [2.75, 3.05) is 13.2 Å². The second-order valence-corrected chi connectivity index (χ2v) is 11.6. The molecule has 0 aliphatic rings. The van der Waals surface area contributed by atoms with Gasteiger partial charge in [-0.05, 0) is 25.0 Å². The van der Waals surface area contributed by atoms with Crippen LogP contribution in [0.15, 0.2) is 24.3 Å². The maximum Gasteiger partial charge on any atom is 0.341 e. The van der Waals surface area contributed by atoms with Gasteiger partial charge in [0, 0.05) is 0 Å². The van der Waals surface area contributed by atoms with E-state index < -0.39 is 0 Å². The molecule has 0 aliphatic carbocycles. The molecule has 3 nitrogen and oxygen atoms in total. The Morgan fingerprint density at radius 3 is 1.28 bits per heavy atom. The van der Waals surface area contributed by atoms with E-state index >= 15 is 0 Å².